The van der Waals surface area contributed by atoms with Gasteiger partial charge in [-0.05, 0) is 28.1 Å². The molecule has 0 aliphatic rings. The smallest absolute Gasteiger partial charge is 0.271 e. The molecule has 3 aromatic rings. The number of aromatic hydroxyl groups is 1. The number of aromatic nitrogens is 1. The third-order valence-electron chi connectivity index (χ3n) is 3.24. The van der Waals surface area contributed by atoms with E-state index in [1.807, 2.05) is 24.3 Å². The van der Waals surface area contributed by atoms with Gasteiger partial charge >= 0.3 is 0 Å². The molecule has 0 saturated heterocycles. The van der Waals surface area contributed by atoms with Crippen molar-refractivity contribution in [1.82, 2.24) is 4.98 Å². The highest BCUT2D eigenvalue weighted by atomic mass is 79.9. The number of rotatable bonds is 3. The van der Waals surface area contributed by atoms with Gasteiger partial charge in [0.1, 0.15) is 5.75 Å². The van der Waals surface area contributed by atoms with Gasteiger partial charge in [-0.2, -0.15) is 0 Å². The average Bonchev–Trinajstić information content (AvgIpc) is 2.55. The zero-order chi connectivity index (χ0) is 16.4. The molecule has 0 fully saturated rings. The molecule has 0 radical (unpaired) electrons. The standard InChI is InChI=1S/C16H10BrN3O3/c17-13-8-12(20(22)23)7-11(16(13)21)9-19-14-5-1-3-10-4-2-6-18-15(10)14/h1-9,21H. The molecule has 0 saturated carbocycles. The Hall–Kier alpha value is -2.80. The molecule has 0 spiro atoms. The van der Waals surface area contributed by atoms with E-state index in [1.54, 1.807) is 12.3 Å². The maximum atomic E-state index is 10.9. The topological polar surface area (TPSA) is 88.6 Å². The van der Waals surface area contributed by atoms with Gasteiger partial charge in [-0.1, -0.05) is 18.2 Å². The molecular weight excluding hydrogens is 362 g/mol. The second-order valence-electron chi connectivity index (χ2n) is 4.73. The van der Waals surface area contributed by atoms with Gasteiger partial charge in [0.15, 0.2) is 0 Å². The molecule has 0 atom stereocenters. The molecular formula is C16H10BrN3O3. The van der Waals surface area contributed by atoms with E-state index in [9.17, 15) is 15.2 Å². The van der Waals surface area contributed by atoms with E-state index in [1.165, 1.54) is 18.3 Å². The van der Waals surface area contributed by atoms with Crippen molar-refractivity contribution >= 4 is 44.4 Å². The number of pyridine rings is 1. The molecule has 1 N–H and O–H groups in total. The number of aliphatic imine (C=N–C) groups is 1. The van der Waals surface area contributed by atoms with Gasteiger partial charge in [0, 0.05) is 35.5 Å². The largest absolute Gasteiger partial charge is 0.506 e. The Bertz CT molecular complexity index is 936. The normalized spacial score (nSPS) is 11.2. The Morgan fingerprint density at radius 2 is 2.04 bits per heavy atom. The molecule has 2 aromatic carbocycles. The molecule has 6 nitrogen and oxygen atoms in total. The molecule has 114 valence electrons. The lowest BCUT2D eigenvalue weighted by atomic mass is 10.2. The number of nitrogens with zero attached hydrogens (tertiary/aromatic N) is 3. The Balaban J connectivity index is 2.07. The molecule has 23 heavy (non-hydrogen) atoms. The second-order valence-corrected chi connectivity index (χ2v) is 5.59. The number of non-ortho nitro benzene ring substituents is 1. The summed E-state index contributed by atoms with van der Waals surface area (Å²) in [6.45, 7) is 0. The number of benzene rings is 2. The van der Waals surface area contributed by atoms with Crippen molar-refractivity contribution in [2.75, 3.05) is 0 Å². The highest BCUT2D eigenvalue weighted by molar-refractivity contribution is 9.10. The fourth-order valence-electron chi connectivity index (χ4n) is 2.14. The van der Waals surface area contributed by atoms with Gasteiger partial charge < -0.3 is 5.11 Å². The summed E-state index contributed by atoms with van der Waals surface area (Å²) in [5.74, 6) is -0.104. The first-order chi connectivity index (χ1) is 11.1. The van der Waals surface area contributed by atoms with Crippen LogP contribution in [0, 0.1) is 10.1 Å². The van der Waals surface area contributed by atoms with Crippen molar-refractivity contribution in [3.05, 3.63) is 68.8 Å². The van der Waals surface area contributed by atoms with Gasteiger partial charge in [-0.25, -0.2) is 0 Å². The Morgan fingerprint density at radius 3 is 2.83 bits per heavy atom. The summed E-state index contributed by atoms with van der Waals surface area (Å²) in [4.78, 5) is 19.0. The second kappa shape index (κ2) is 6.13. The molecule has 0 aliphatic heterocycles. The minimum atomic E-state index is -0.527. The first kappa shape index (κ1) is 15.1. The Kier molecular flexibility index (Phi) is 4.03. The van der Waals surface area contributed by atoms with Crippen molar-refractivity contribution in [3.8, 4) is 5.75 Å². The van der Waals surface area contributed by atoms with Crippen molar-refractivity contribution in [3.63, 3.8) is 0 Å². The van der Waals surface area contributed by atoms with Gasteiger partial charge in [0.25, 0.3) is 5.69 Å². The molecule has 1 aromatic heterocycles. The van der Waals surface area contributed by atoms with E-state index in [2.05, 4.69) is 25.9 Å². The third kappa shape index (κ3) is 3.04. The van der Waals surface area contributed by atoms with E-state index in [-0.39, 0.29) is 21.5 Å². The molecule has 0 amide bonds. The number of nitro groups is 1. The van der Waals surface area contributed by atoms with Crippen molar-refractivity contribution in [1.29, 1.82) is 0 Å². The number of para-hydroxylation sites is 1. The summed E-state index contributed by atoms with van der Waals surface area (Å²) in [5.41, 5.74) is 1.45. The van der Waals surface area contributed by atoms with Gasteiger partial charge in [0.05, 0.1) is 20.6 Å². The van der Waals surface area contributed by atoms with Crippen LogP contribution in [0.4, 0.5) is 11.4 Å². The average molecular weight is 372 g/mol. The van der Waals surface area contributed by atoms with Crippen molar-refractivity contribution < 1.29 is 10.0 Å². The van der Waals surface area contributed by atoms with Crippen LogP contribution in [0.3, 0.4) is 0 Å². The number of hydrogen-bond donors (Lipinski definition) is 1. The fourth-order valence-corrected chi connectivity index (χ4v) is 2.60. The minimum Gasteiger partial charge on any atom is -0.506 e. The number of phenols is 1. The van der Waals surface area contributed by atoms with Crippen LogP contribution >= 0.6 is 15.9 Å². The van der Waals surface area contributed by atoms with Crippen LogP contribution < -0.4 is 0 Å². The summed E-state index contributed by atoms with van der Waals surface area (Å²) in [6, 6.07) is 11.8. The molecule has 3 rings (SSSR count). The van der Waals surface area contributed by atoms with Gasteiger partial charge in [0.2, 0.25) is 0 Å². The van der Waals surface area contributed by atoms with E-state index in [0.29, 0.717) is 5.69 Å². The lowest BCUT2D eigenvalue weighted by Gasteiger charge is -2.03. The zero-order valence-corrected chi connectivity index (χ0v) is 13.3. The molecule has 0 unspecified atom stereocenters. The summed E-state index contributed by atoms with van der Waals surface area (Å²) >= 11 is 3.10. The van der Waals surface area contributed by atoms with E-state index in [0.717, 1.165) is 10.9 Å². The van der Waals surface area contributed by atoms with Crippen LogP contribution in [0.1, 0.15) is 5.56 Å². The lowest BCUT2D eigenvalue weighted by Crippen LogP contribution is -1.92. The minimum absolute atomic E-state index is 0.104. The fraction of sp³-hybridized carbons (Fsp3) is 0. The highest BCUT2D eigenvalue weighted by Crippen LogP contribution is 2.32. The predicted octanol–water partition coefficient (Wildman–Crippen LogP) is 4.36. The predicted molar refractivity (Wildman–Crippen MR) is 91.5 cm³/mol. The van der Waals surface area contributed by atoms with Crippen LogP contribution in [0.15, 0.2) is 58.1 Å². The number of phenolic OH excluding ortho intramolecular Hbond substituents is 1. The zero-order valence-electron chi connectivity index (χ0n) is 11.7. The van der Waals surface area contributed by atoms with Crippen LogP contribution in [0.25, 0.3) is 10.9 Å². The maximum absolute atomic E-state index is 10.9. The molecule has 1 heterocycles. The maximum Gasteiger partial charge on any atom is 0.271 e. The SMILES string of the molecule is O=[N+]([O-])c1cc(Br)c(O)c(C=Nc2cccc3cccnc23)c1. The summed E-state index contributed by atoms with van der Waals surface area (Å²) in [6.07, 6.45) is 3.05. The Labute approximate surface area is 139 Å². The highest BCUT2D eigenvalue weighted by Gasteiger charge is 2.13. The first-order valence-corrected chi connectivity index (χ1v) is 7.40. The Morgan fingerprint density at radius 1 is 1.26 bits per heavy atom. The first-order valence-electron chi connectivity index (χ1n) is 6.61. The van der Waals surface area contributed by atoms with E-state index < -0.39 is 4.92 Å². The molecule has 0 bridgehead atoms. The molecule has 0 aliphatic carbocycles. The molecule has 7 heteroatoms. The summed E-state index contributed by atoms with van der Waals surface area (Å²) in [5, 5.41) is 21.9. The summed E-state index contributed by atoms with van der Waals surface area (Å²) in [7, 11) is 0. The van der Waals surface area contributed by atoms with E-state index in [4.69, 9.17) is 0 Å². The van der Waals surface area contributed by atoms with Crippen LogP contribution in [0.5, 0.6) is 5.75 Å². The van der Waals surface area contributed by atoms with Crippen LogP contribution in [-0.2, 0) is 0 Å². The van der Waals surface area contributed by atoms with Crippen LogP contribution in [-0.4, -0.2) is 21.2 Å². The van der Waals surface area contributed by atoms with E-state index >= 15 is 0 Å². The number of fused-ring (bicyclic) bond motifs is 1. The van der Waals surface area contributed by atoms with Crippen molar-refractivity contribution in [2.45, 2.75) is 0 Å². The van der Waals surface area contributed by atoms with Crippen LogP contribution in [0.2, 0.25) is 0 Å². The number of nitro benzene ring substituents is 1. The lowest BCUT2D eigenvalue weighted by molar-refractivity contribution is -0.385. The quantitative estimate of drug-likeness (QED) is 0.420. The number of halogens is 1. The third-order valence-corrected chi connectivity index (χ3v) is 3.85. The monoisotopic (exact) mass is 371 g/mol. The number of hydrogen-bond acceptors (Lipinski definition) is 5. The van der Waals surface area contributed by atoms with Gasteiger partial charge in [-0.15, -0.1) is 0 Å². The van der Waals surface area contributed by atoms with Gasteiger partial charge in [-0.3, -0.25) is 20.1 Å². The van der Waals surface area contributed by atoms with Crippen molar-refractivity contribution in [2.24, 2.45) is 4.99 Å². The summed E-state index contributed by atoms with van der Waals surface area (Å²) < 4.78 is 0.240.